The second-order valence-corrected chi connectivity index (χ2v) is 9.36. The molecule has 1 aliphatic carbocycles. The lowest BCUT2D eigenvalue weighted by Crippen LogP contribution is -2.43. The molecule has 7 nitrogen and oxygen atoms in total. The van der Waals surface area contributed by atoms with Gasteiger partial charge in [-0.2, -0.15) is 11.8 Å². The molecule has 32 heavy (non-hydrogen) atoms. The molecule has 2 aliphatic rings. The number of allylic oxidation sites excluding steroid dienone is 3. The Morgan fingerprint density at radius 3 is 2.72 bits per heavy atom. The molecule has 0 radical (unpaired) electrons. The number of carbonyl (C=O) groups is 3. The fraction of sp³-hybridized carbons (Fsp3) is 0.458. The maximum Gasteiger partial charge on any atom is 0.336 e. The van der Waals surface area contributed by atoms with Crippen molar-refractivity contribution in [2.24, 2.45) is 11.8 Å². The Labute approximate surface area is 192 Å². The number of Topliss-reactive ketones (excluding diaryl/α,β-unsaturated/α-hetero) is 1. The van der Waals surface area contributed by atoms with Crippen molar-refractivity contribution in [3.63, 3.8) is 0 Å². The van der Waals surface area contributed by atoms with Crippen molar-refractivity contribution < 1.29 is 29.0 Å². The maximum absolute atomic E-state index is 13.6. The van der Waals surface area contributed by atoms with E-state index in [0.29, 0.717) is 40.3 Å². The van der Waals surface area contributed by atoms with Crippen LogP contribution in [0, 0.1) is 11.8 Å². The van der Waals surface area contributed by atoms with Crippen molar-refractivity contribution in [1.29, 1.82) is 0 Å². The van der Waals surface area contributed by atoms with Crippen LogP contribution in [0.2, 0.25) is 0 Å². The van der Waals surface area contributed by atoms with Gasteiger partial charge in [-0.05, 0) is 42.7 Å². The molecule has 1 aromatic rings. The van der Waals surface area contributed by atoms with Gasteiger partial charge in [0.15, 0.2) is 5.78 Å². The van der Waals surface area contributed by atoms with Crippen LogP contribution in [0.4, 0.5) is 0 Å². The third-order valence-electron chi connectivity index (χ3n) is 5.83. The molecule has 0 aromatic heterocycles. The lowest BCUT2D eigenvalue weighted by Gasteiger charge is -2.38. The summed E-state index contributed by atoms with van der Waals surface area (Å²) in [5, 5.41) is 13.3. The Bertz CT molecular complexity index is 982. The second-order valence-electron chi connectivity index (χ2n) is 7.96. The zero-order valence-electron chi connectivity index (χ0n) is 18.8. The van der Waals surface area contributed by atoms with Crippen LogP contribution in [0.3, 0.4) is 0 Å². The number of phenolic OH excluding ortho intramolecular Hbond substituents is 1. The SMILES string of the molecule is CCSCCOC(=O)C1=C(C)NC2=C(C(=O)[C@H](C(=O)OC)[C@@H](C)C2)[C@H]1c1cccc(O)c1. The largest absolute Gasteiger partial charge is 0.508 e. The predicted octanol–water partition coefficient (Wildman–Crippen LogP) is 3.30. The molecule has 172 valence electrons. The minimum absolute atomic E-state index is 0.0223. The lowest BCUT2D eigenvalue weighted by molar-refractivity contribution is -0.151. The van der Waals surface area contributed by atoms with E-state index < -0.39 is 23.8 Å². The first-order chi connectivity index (χ1) is 15.3. The van der Waals surface area contributed by atoms with Gasteiger partial charge in [0, 0.05) is 28.6 Å². The molecule has 3 rings (SSSR count). The van der Waals surface area contributed by atoms with Gasteiger partial charge < -0.3 is 19.9 Å². The van der Waals surface area contributed by atoms with Crippen molar-refractivity contribution in [3.8, 4) is 5.75 Å². The summed E-state index contributed by atoms with van der Waals surface area (Å²) >= 11 is 1.66. The van der Waals surface area contributed by atoms with Crippen molar-refractivity contribution in [2.45, 2.75) is 33.1 Å². The summed E-state index contributed by atoms with van der Waals surface area (Å²) in [4.78, 5) is 39.1. The number of phenols is 1. The van der Waals surface area contributed by atoms with Gasteiger partial charge in [0.2, 0.25) is 0 Å². The molecule has 0 amide bonds. The molecule has 2 N–H and O–H groups in total. The van der Waals surface area contributed by atoms with E-state index in [1.807, 2.05) is 13.8 Å². The summed E-state index contributed by atoms with van der Waals surface area (Å²) < 4.78 is 10.4. The van der Waals surface area contributed by atoms with Gasteiger partial charge in [0.1, 0.15) is 18.3 Å². The minimum atomic E-state index is -0.947. The van der Waals surface area contributed by atoms with Gasteiger partial charge >= 0.3 is 11.9 Å². The molecule has 1 aliphatic heterocycles. The topological polar surface area (TPSA) is 102 Å². The Morgan fingerprint density at radius 2 is 2.06 bits per heavy atom. The Kier molecular flexibility index (Phi) is 7.66. The zero-order valence-corrected chi connectivity index (χ0v) is 19.6. The molecule has 0 unspecified atom stereocenters. The number of dihydropyridines is 1. The number of nitrogens with one attached hydrogen (secondary N) is 1. The normalized spacial score (nSPS) is 22.9. The van der Waals surface area contributed by atoms with Gasteiger partial charge in [-0.3, -0.25) is 9.59 Å². The van der Waals surface area contributed by atoms with Crippen LogP contribution >= 0.6 is 11.8 Å². The Hall–Kier alpha value is -2.74. The molecule has 0 bridgehead atoms. The number of aromatic hydroxyl groups is 1. The zero-order chi connectivity index (χ0) is 23.4. The predicted molar refractivity (Wildman–Crippen MR) is 122 cm³/mol. The number of ether oxygens (including phenoxy) is 2. The summed E-state index contributed by atoms with van der Waals surface area (Å²) in [6.45, 7) is 5.90. The minimum Gasteiger partial charge on any atom is -0.508 e. The molecule has 8 heteroatoms. The van der Waals surface area contributed by atoms with Crippen molar-refractivity contribution >= 4 is 29.5 Å². The number of ketones is 1. The molecule has 1 aromatic carbocycles. The van der Waals surface area contributed by atoms with E-state index in [1.165, 1.54) is 19.2 Å². The Morgan fingerprint density at radius 1 is 1.31 bits per heavy atom. The van der Waals surface area contributed by atoms with E-state index in [-0.39, 0.29) is 24.1 Å². The van der Waals surface area contributed by atoms with Gasteiger partial charge in [-0.1, -0.05) is 26.0 Å². The maximum atomic E-state index is 13.6. The van der Waals surface area contributed by atoms with Crippen LogP contribution in [-0.4, -0.2) is 48.1 Å². The van der Waals surface area contributed by atoms with Crippen LogP contribution in [0.5, 0.6) is 5.75 Å². The number of esters is 2. The number of thioether (sulfide) groups is 1. The van der Waals surface area contributed by atoms with E-state index in [1.54, 1.807) is 30.8 Å². The smallest absolute Gasteiger partial charge is 0.336 e. The third kappa shape index (κ3) is 4.70. The number of rotatable bonds is 7. The quantitative estimate of drug-likeness (QED) is 0.364. The van der Waals surface area contributed by atoms with Gasteiger partial charge in [-0.25, -0.2) is 4.79 Å². The highest BCUT2D eigenvalue weighted by molar-refractivity contribution is 7.99. The number of hydrogen-bond donors (Lipinski definition) is 2. The molecular formula is C24H29NO6S. The van der Waals surface area contributed by atoms with E-state index >= 15 is 0 Å². The highest BCUT2D eigenvalue weighted by atomic mass is 32.2. The summed E-state index contributed by atoms with van der Waals surface area (Å²) in [6.07, 6.45) is 0.461. The van der Waals surface area contributed by atoms with Crippen molar-refractivity contribution in [2.75, 3.05) is 25.2 Å². The fourth-order valence-electron chi connectivity index (χ4n) is 4.40. The molecule has 0 spiro atoms. The first-order valence-electron chi connectivity index (χ1n) is 10.7. The highest BCUT2D eigenvalue weighted by Crippen LogP contribution is 2.45. The molecular weight excluding hydrogens is 430 g/mol. The number of carbonyl (C=O) groups excluding carboxylic acids is 3. The van der Waals surface area contributed by atoms with E-state index in [9.17, 15) is 19.5 Å². The number of methoxy groups -OCH3 is 1. The third-order valence-corrected chi connectivity index (χ3v) is 6.70. The summed E-state index contributed by atoms with van der Waals surface area (Å²) in [5.41, 5.74) is 2.53. The van der Waals surface area contributed by atoms with Crippen LogP contribution in [0.15, 0.2) is 46.8 Å². The monoisotopic (exact) mass is 459 g/mol. The summed E-state index contributed by atoms with van der Waals surface area (Å²) in [7, 11) is 1.26. The molecule has 3 atom stereocenters. The van der Waals surface area contributed by atoms with Crippen LogP contribution in [0.1, 0.15) is 38.7 Å². The van der Waals surface area contributed by atoms with Crippen LogP contribution in [0.25, 0.3) is 0 Å². The van der Waals surface area contributed by atoms with Crippen LogP contribution < -0.4 is 5.32 Å². The fourth-order valence-corrected chi connectivity index (χ4v) is 4.89. The average Bonchev–Trinajstić information content (AvgIpc) is 2.75. The standard InChI is InChI=1S/C24H29NO6S/c1-5-32-10-9-31-24(29)19-14(3)25-17-11-13(2)18(23(28)30-4)22(27)21(17)20(19)15-7-6-8-16(26)12-15/h6-8,12-13,18,20,25-26H,5,9-11H2,1-4H3/t13-,18+,20-/m0/s1. The average molecular weight is 460 g/mol. The first-order valence-corrected chi connectivity index (χ1v) is 11.8. The molecule has 0 fully saturated rings. The lowest BCUT2D eigenvalue weighted by atomic mass is 9.69. The van der Waals surface area contributed by atoms with Gasteiger partial charge in [0.05, 0.1) is 12.7 Å². The summed E-state index contributed by atoms with van der Waals surface area (Å²) in [5.74, 6) is -1.81. The molecule has 1 heterocycles. The van der Waals surface area contributed by atoms with Gasteiger partial charge in [-0.15, -0.1) is 0 Å². The van der Waals surface area contributed by atoms with E-state index in [0.717, 1.165) is 5.75 Å². The highest BCUT2D eigenvalue weighted by Gasteiger charge is 2.47. The Balaban J connectivity index is 2.07. The molecule has 0 saturated carbocycles. The van der Waals surface area contributed by atoms with Gasteiger partial charge in [0.25, 0.3) is 0 Å². The van der Waals surface area contributed by atoms with Crippen molar-refractivity contribution in [3.05, 3.63) is 52.4 Å². The summed E-state index contributed by atoms with van der Waals surface area (Å²) in [6, 6.07) is 6.48. The second kappa shape index (κ2) is 10.3. The van der Waals surface area contributed by atoms with Crippen LogP contribution in [-0.2, 0) is 23.9 Å². The first kappa shape index (κ1) is 23.9. The molecule has 0 saturated heterocycles. The van der Waals surface area contributed by atoms with E-state index in [4.69, 9.17) is 9.47 Å². The van der Waals surface area contributed by atoms with E-state index in [2.05, 4.69) is 5.32 Å². The van der Waals surface area contributed by atoms with Crippen molar-refractivity contribution in [1.82, 2.24) is 5.32 Å². The number of benzene rings is 1. The number of hydrogen-bond acceptors (Lipinski definition) is 8.